The lowest BCUT2D eigenvalue weighted by Crippen LogP contribution is -2.15. The summed E-state index contributed by atoms with van der Waals surface area (Å²) in [5.41, 5.74) is 17.3. The summed E-state index contributed by atoms with van der Waals surface area (Å²) in [5.74, 6) is 1.29. The van der Waals surface area contributed by atoms with E-state index in [1.165, 1.54) is 0 Å². The molecule has 5 heterocycles. The average molecular weight is 1120 g/mol. The molecule has 0 saturated carbocycles. The van der Waals surface area contributed by atoms with E-state index in [0.29, 0.717) is 90.0 Å². The fourth-order valence-corrected chi connectivity index (χ4v) is 13.0. The molecule has 6 N–H and O–H groups in total. The van der Waals surface area contributed by atoms with Gasteiger partial charge in [0.2, 0.25) is 0 Å². The zero-order chi connectivity index (χ0) is 56.3. The van der Waals surface area contributed by atoms with Crippen LogP contribution in [0, 0.1) is 0 Å². The zero-order valence-corrected chi connectivity index (χ0v) is 46.7. The highest BCUT2D eigenvalue weighted by molar-refractivity contribution is 5.91. The molecule has 12 aromatic rings. The van der Waals surface area contributed by atoms with Crippen molar-refractivity contribution in [2.75, 3.05) is 66.1 Å². The van der Waals surface area contributed by atoms with Crippen LogP contribution >= 0.6 is 0 Å². The predicted molar refractivity (Wildman–Crippen MR) is 330 cm³/mol. The van der Waals surface area contributed by atoms with Gasteiger partial charge in [-0.25, -0.2) is 0 Å². The molecule has 2 aliphatic rings. The molecular weight excluding hydrogens is 1050 g/mol. The summed E-state index contributed by atoms with van der Waals surface area (Å²) in [6, 6.07) is 55.1. The second-order valence-electron chi connectivity index (χ2n) is 22.1. The molecule has 0 spiro atoms. The Labute approximate surface area is 486 Å². The van der Waals surface area contributed by atoms with Crippen molar-refractivity contribution < 1.29 is 38.6 Å². The predicted octanol–water partition coefficient (Wildman–Crippen LogP) is 13.9. The first kappa shape index (κ1) is 53.0. The van der Waals surface area contributed by atoms with E-state index >= 15 is 0 Å². The second-order valence-corrected chi connectivity index (χ2v) is 22.1. The number of ether oxygens (including phenoxy) is 6. The lowest BCUT2D eigenvalue weighted by Gasteiger charge is -2.24. The molecule has 0 fully saturated rings. The van der Waals surface area contributed by atoms with Gasteiger partial charge in [0.25, 0.3) is 0 Å². The summed E-state index contributed by atoms with van der Waals surface area (Å²) in [7, 11) is 0. The molecule has 0 radical (unpaired) electrons. The third kappa shape index (κ3) is 10.5. The first-order valence-electron chi connectivity index (χ1n) is 29.2. The van der Waals surface area contributed by atoms with Gasteiger partial charge in [-0.15, -0.1) is 0 Å². The van der Waals surface area contributed by atoms with Crippen molar-refractivity contribution >= 4 is 43.6 Å². The van der Waals surface area contributed by atoms with E-state index in [0.717, 1.165) is 122 Å². The maximum Gasteiger partial charge on any atom is 0.126 e. The summed E-state index contributed by atoms with van der Waals surface area (Å²) in [6.07, 6.45) is 9.89. The summed E-state index contributed by atoms with van der Waals surface area (Å²) in [6.45, 7) is 3.63. The summed E-state index contributed by atoms with van der Waals surface area (Å²) < 4.78 is 37.9. The van der Waals surface area contributed by atoms with Crippen molar-refractivity contribution in [3.63, 3.8) is 0 Å². The van der Waals surface area contributed by atoms with Gasteiger partial charge in [0.05, 0.1) is 52.9 Å². The van der Waals surface area contributed by atoms with Gasteiger partial charge in [-0.05, 0) is 102 Å². The Morgan fingerprint density at radius 2 is 0.560 bits per heavy atom. The van der Waals surface area contributed by atoms with Crippen LogP contribution in [0.3, 0.4) is 0 Å². The lowest BCUT2D eigenvalue weighted by molar-refractivity contribution is -0.00706. The minimum Gasteiger partial charge on any atom is -0.507 e. The fourth-order valence-electron chi connectivity index (χ4n) is 13.0. The Morgan fingerprint density at radius 1 is 0.298 bits per heavy atom. The normalized spacial score (nSPS) is 15.0. The number of aromatic hydroxyl groups is 2. The zero-order valence-electron chi connectivity index (χ0n) is 46.7. The molecule has 12 nitrogen and oxygen atoms in total. The first-order valence-corrected chi connectivity index (χ1v) is 29.2. The highest BCUT2D eigenvalue weighted by Crippen LogP contribution is 2.46. The molecule has 14 rings (SSSR count). The number of para-hydroxylation sites is 6. The molecule has 12 heteroatoms. The Balaban J connectivity index is 0.984. The number of H-pyrrole nitrogens is 4. The van der Waals surface area contributed by atoms with Crippen molar-refractivity contribution in [2.24, 2.45) is 0 Å². The van der Waals surface area contributed by atoms with E-state index in [1.54, 1.807) is 0 Å². The number of fused-ring (bicyclic) bond motifs is 6. The summed E-state index contributed by atoms with van der Waals surface area (Å²) in [4.78, 5) is 14.4. The quantitative estimate of drug-likeness (QED) is 0.0960. The first-order chi connectivity index (χ1) is 41.5. The smallest absolute Gasteiger partial charge is 0.126 e. The van der Waals surface area contributed by atoms with Crippen molar-refractivity contribution in [3.8, 4) is 23.0 Å². The van der Waals surface area contributed by atoms with Crippen LogP contribution in [-0.4, -0.2) is 96.2 Å². The van der Waals surface area contributed by atoms with E-state index in [1.807, 2.05) is 0 Å². The highest BCUT2D eigenvalue weighted by Gasteiger charge is 2.30. The minimum atomic E-state index is -0.247. The molecule has 8 aromatic carbocycles. The van der Waals surface area contributed by atoms with Crippen LogP contribution in [0.2, 0.25) is 0 Å². The number of hydrogen-bond acceptors (Lipinski definition) is 8. The monoisotopic (exact) mass is 1110 g/mol. The van der Waals surface area contributed by atoms with Gasteiger partial charge in [0.15, 0.2) is 0 Å². The van der Waals surface area contributed by atoms with Crippen LogP contribution in [0.25, 0.3) is 43.6 Å². The molecule has 0 amide bonds. The Kier molecular flexibility index (Phi) is 14.9. The molecule has 0 saturated heterocycles. The number of aromatic amines is 4. The third-order valence-electron chi connectivity index (χ3n) is 16.9. The molecule has 84 heavy (non-hydrogen) atoms. The van der Waals surface area contributed by atoms with Crippen LogP contribution in [0.5, 0.6) is 23.0 Å². The van der Waals surface area contributed by atoms with E-state index in [9.17, 15) is 10.2 Å². The van der Waals surface area contributed by atoms with Gasteiger partial charge >= 0.3 is 0 Å². The fraction of sp³-hybridized carbons (Fsp3) is 0.222. The molecular formula is C72H66N4O8. The maximum absolute atomic E-state index is 13.0. The Bertz CT molecular complexity index is 3810. The number of nitrogens with one attached hydrogen (secondary N) is 4. The maximum atomic E-state index is 13.0. The van der Waals surface area contributed by atoms with E-state index < -0.39 is 0 Å². The van der Waals surface area contributed by atoms with Gasteiger partial charge in [0.1, 0.15) is 36.2 Å². The lowest BCUT2D eigenvalue weighted by atomic mass is 9.81. The molecule has 4 aromatic heterocycles. The van der Waals surface area contributed by atoms with Gasteiger partial charge in [-0.2, -0.15) is 0 Å². The Morgan fingerprint density at radius 3 is 0.845 bits per heavy atom. The number of aromatic nitrogens is 4. The van der Waals surface area contributed by atoms with E-state index in [2.05, 4.69) is 202 Å². The largest absolute Gasteiger partial charge is 0.507 e. The van der Waals surface area contributed by atoms with Gasteiger partial charge in [-0.1, -0.05) is 133 Å². The molecule has 1 aliphatic carbocycles. The van der Waals surface area contributed by atoms with Crippen LogP contribution in [-0.2, 0) is 44.6 Å². The van der Waals surface area contributed by atoms with Gasteiger partial charge < -0.3 is 58.6 Å². The van der Waals surface area contributed by atoms with E-state index in [-0.39, 0.29) is 36.5 Å². The van der Waals surface area contributed by atoms with Crippen molar-refractivity contribution in [1.82, 2.24) is 19.9 Å². The third-order valence-corrected chi connectivity index (χ3v) is 16.9. The Hall–Kier alpha value is -9.04. The second kappa shape index (κ2) is 23.7. The van der Waals surface area contributed by atoms with Crippen LogP contribution in [0.1, 0.15) is 89.7 Å². The van der Waals surface area contributed by atoms with Crippen molar-refractivity contribution in [2.45, 2.75) is 37.5 Å². The molecule has 1 aliphatic heterocycles. The van der Waals surface area contributed by atoms with E-state index in [4.69, 9.17) is 28.4 Å². The topological polar surface area (TPSA) is 159 Å². The van der Waals surface area contributed by atoms with Crippen LogP contribution < -0.4 is 9.47 Å². The summed E-state index contributed by atoms with van der Waals surface area (Å²) in [5, 5.41) is 30.6. The highest BCUT2D eigenvalue weighted by atomic mass is 16.6. The van der Waals surface area contributed by atoms with Crippen molar-refractivity contribution in [1.29, 1.82) is 0 Å². The van der Waals surface area contributed by atoms with Crippen LogP contribution in [0.4, 0.5) is 0 Å². The molecule has 422 valence electrons. The standard InChI is InChI=1S/C72H66N4O8/c77-69-51-33-45-11-9-13-47-35-53-39-50(68(61-43-75-65-21-7-3-17-57(61)65)62-44-76-66-22-8-4-18-58(62)66)40-54(70(53)78)36-48-14-10-12-46(72(48)84-32-30-82-28-26-80-24-23-79-25-27-81-29-31-83-71(45)47)34-52(69)38-49(37-51)67(59-41-73-63-19-5-1-15-55(59)63)60-42-74-64-20-6-2-16-56(60)64/h1-22,37-44,67-68,73-78H,23-36H2. The molecule has 0 atom stereocenters. The summed E-state index contributed by atoms with van der Waals surface area (Å²) >= 11 is 0. The number of hydrogen-bond donors (Lipinski definition) is 6. The SMILES string of the molecule is Oc1c2cc(C(c3c[nH]c4ccccc34)c3c[nH]c4ccccc34)cc1Cc1cccc3c1OCCOCCOCCOCCOCCOc1c(cccc1Cc1cc(C(c4c[nH]c5ccccc45)c4c[nH]c5ccccc45)cc(c1O)C3)C2. The molecule has 0 unspecified atom stereocenters. The number of phenols is 2. The molecule has 10 bridgehead atoms. The minimum absolute atomic E-state index is 0.209. The average Bonchev–Trinajstić information content (AvgIpc) is 4.46. The van der Waals surface area contributed by atoms with Crippen molar-refractivity contribution in [3.05, 3.63) is 260 Å². The number of phenolic OH excluding ortho intramolecular Hbond substituents is 2. The van der Waals surface area contributed by atoms with Crippen LogP contribution in [0.15, 0.2) is 183 Å². The van der Waals surface area contributed by atoms with Gasteiger partial charge in [0, 0.05) is 106 Å². The number of benzene rings is 8. The van der Waals surface area contributed by atoms with Gasteiger partial charge in [-0.3, -0.25) is 0 Å². The number of rotatable bonds is 6.